The molecule has 2 aliphatic rings. The van der Waals surface area contributed by atoms with Gasteiger partial charge in [0, 0.05) is 36.3 Å². The molecule has 6 rings (SSSR count). The zero-order chi connectivity index (χ0) is 23.8. The molecule has 1 saturated heterocycles. The van der Waals surface area contributed by atoms with E-state index in [0.29, 0.717) is 12.2 Å². The first kappa shape index (κ1) is 21.5. The van der Waals surface area contributed by atoms with Gasteiger partial charge in [-0.15, -0.1) is 0 Å². The minimum absolute atomic E-state index is 0.170. The van der Waals surface area contributed by atoms with Crippen molar-refractivity contribution in [1.82, 2.24) is 20.3 Å². The molecule has 0 bridgehead atoms. The number of aromatic nitrogens is 3. The molecule has 8 heteroatoms. The van der Waals surface area contributed by atoms with Crippen LogP contribution in [0.3, 0.4) is 0 Å². The fourth-order valence-corrected chi connectivity index (χ4v) is 4.48. The third-order valence-electron chi connectivity index (χ3n) is 6.33. The lowest BCUT2D eigenvalue weighted by Gasteiger charge is -2.13. The number of hydrogen-bond acceptors (Lipinski definition) is 8. The average Bonchev–Trinajstić information content (AvgIpc) is 3.44. The second-order valence-electron chi connectivity index (χ2n) is 9.00. The van der Waals surface area contributed by atoms with E-state index in [-0.39, 0.29) is 12.1 Å². The van der Waals surface area contributed by atoms with Crippen molar-refractivity contribution in [1.29, 1.82) is 0 Å². The maximum Gasteiger partial charge on any atom is 0.188 e. The zero-order valence-corrected chi connectivity index (χ0v) is 19.7. The molecule has 2 N–H and O–H groups in total. The van der Waals surface area contributed by atoms with Crippen molar-refractivity contribution >= 4 is 28.3 Å². The number of pyridine rings is 1. The van der Waals surface area contributed by atoms with Crippen LogP contribution in [0.15, 0.2) is 66.0 Å². The van der Waals surface area contributed by atoms with Gasteiger partial charge in [-0.3, -0.25) is 4.98 Å². The van der Waals surface area contributed by atoms with Gasteiger partial charge in [0.05, 0.1) is 11.7 Å². The van der Waals surface area contributed by atoms with Gasteiger partial charge in [-0.1, -0.05) is 6.07 Å². The quantitative estimate of drug-likeness (QED) is 0.432. The molecule has 2 aliphatic heterocycles. The van der Waals surface area contributed by atoms with Gasteiger partial charge in [0.1, 0.15) is 35.8 Å². The molecule has 0 aliphatic carbocycles. The maximum atomic E-state index is 6.02. The van der Waals surface area contributed by atoms with E-state index >= 15 is 0 Å². The van der Waals surface area contributed by atoms with Gasteiger partial charge >= 0.3 is 0 Å². The normalized spacial score (nSPS) is 18.7. The summed E-state index contributed by atoms with van der Waals surface area (Å²) in [7, 11) is 0. The summed E-state index contributed by atoms with van der Waals surface area (Å²) in [4.78, 5) is 18.0. The molecule has 0 saturated carbocycles. The monoisotopic (exact) mass is 466 g/mol. The minimum Gasteiger partial charge on any atom is -0.474 e. The summed E-state index contributed by atoms with van der Waals surface area (Å²) in [6, 6.07) is 16.3. The van der Waals surface area contributed by atoms with E-state index in [1.165, 1.54) is 0 Å². The van der Waals surface area contributed by atoms with Crippen LogP contribution in [0.5, 0.6) is 11.5 Å². The first-order valence-electron chi connectivity index (χ1n) is 11.8. The Labute approximate surface area is 203 Å². The van der Waals surface area contributed by atoms with Gasteiger partial charge in [-0.25, -0.2) is 15.0 Å². The van der Waals surface area contributed by atoms with E-state index < -0.39 is 0 Å². The molecule has 0 amide bonds. The van der Waals surface area contributed by atoms with Crippen LogP contribution >= 0.6 is 0 Å². The molecule has 2 aromatic heterocycles. The van der Waals surface area contributed by atoms with E-state index in [0.717, 1.165) is 64.0 Å². The highest BCUT2D eigenvalue weighted by Gasteiger charge is 2.34. The summed E-state index contributed by atoms with van der Waals surface area (Å²) in [5.74, 6) is 3.06. The first-order valence-corrected chi connectivity index (χ1v) is 11.8. The topological polar surface area (TPSA) is 93.5 Å². The summed E-state index contributed by atoms with van der Waals surface area (Å²) >= 11 is 0. The van der Waals surface area contributed by atoms with E-state index in [2.05, 4.69) is 37.7 Å². The minimum atomic E-state index is 0.170. The van der Waals surface area contributed by atoms with Crippen LogP contribution < -0.4 is 15.4 Å². The van der Waals surface area contributed by atoms with Gasteiger partial charge in [0.25, 0.3) is 0 Å². The Balaban J connectivity index is 1.22. The van der Waals surface area contributed by atoms with Crippen molar-refractivity contribution < 1.29 is 9.47 Å². The fraction of sp³-hybridized carbons (Fsp3) is 0.259. The van der Waals surface area contributed by atoms with Crippen molar-refractivity contribution in [3.63, 3.8) is 0 Å². The number of ether oxygens (including phenoxy) is 2. The molecule has 35 heavy (non-hydrogen) atoms. The van der Waals surface area contributed by atoms with Gasteiger partial charge in [-0.05, 0) is 67.4 Å². The standard InChI is InChI=1S/C27H26N6O2/c1-16-9-19(5-8-24(16)34-20-6-3-17(2)29-12-20)32-27-21-10-18(4-7-22(21)30-15-31-27)11-26-33-23-13-28-14-25(23)35-26/h3-10,12,15,23,25,28H,11,13-14H2,1-2H3,(H,30,31,32). The van der Waals surface area contributed by atoms with Crippen LogP contribution in [0.2, 0.25) is 0 Å². The summed E-state index contributed by atoms with van der Waals surface area (Å²) in [6.07, 6.45) is 4.15. The van der Waals surface area contributed by atoms with E-state index in [1.807, 2.05) is 50.2 Å². The molecule has 176 valence electrons. The predicted molar refractivity (Wildman–Crippen MR) is 136 cm³/mol. The van der Waals surface area contributed by atoms with Crippen LogP contribution in [0.4, 0.5) is 11.5 Å². The lowest BCUT2D eigenvalue weighted by molar-refractivity contribution is 0.220. The number of nitrogens with zero attached hydrogens (tertiary/aromatic N) is 4. The first-order chi connectivity index (χ1) is 17.1. The van der Waals surface area contributed by atoms with Crippen molar-refractivity contribution in [2.75, 3.05) is 18.4 Å². The lowest BCUT2D eigenvalue weighted by atomic mass is 10.1. The van der Waals surface area contributed by atoms with Crippen LogP contribution in [0.1, 0.15) is 16.8 Å². The lowest BCUT2D eigenvalue weighted by Crippen LogP contribution is -2.20. The summed E-state index contributed by atoms with van der Waals surface area (Å²) in [5, 5.41) is 7.72. The third kappa shape index (κ3) is 4.52. The molecule has 0 spiro atoms. The van der Waals surface area contributed by atoms with Crippen molar-refractivity contribution in [2.24, 2.45) is 4.99 Å². The summed E-state index contributed by atoms with van der Waals surface area (Å²) < 4.78 is 12.0. The number of nitrogens with one attached hydrogen (secondary N) is 2. The highest BCUT2D eigenvalue weighted by atomic mass is 16.5. The number of aliphatic imine (C=N–C) groups is 1. The molecular formula is C27H26N6O2. The predicted octanol–water partition coefficient (Wildman–Crippen LogP) is 4.49. The molecule has 4 heterocycles. The zero-order valence-electron chi connectivity index (χ0n) is 19.7. The second-order valence-corrected chi connectivity index (χ2v) is 9.00. The largest absolute Gasteiger partial charge is 0.474 e. The van der Waals surface area contributed by atoms with Crippen molar-refractivity contribution in [3.05, 3.63) is 77.9 Å². The van der Waals surface area contributed by atoms with Crippen LogP contribution in [0, 0.1) is 13.8 Å². The highest BCUT2D eigenvalue weighted by Crippen LogP contribution is 2.30. The Hall–Kier alpha value is -4.04. The summed E-state index contributed by atoms with van der Waals surface area (Å²) in [6.45, 7) is 5.72. The maximum absolute atomic E-state index is 6.02. The van der Waals surface area contributed by atoms with Gasteiger partial charge in [-0.2, -0.15) is 0 Å². The number of hydrogen-bond donors (Lipinski definition) is 2. The Morgan fingerprint density at radius 1 is 1.03 bits per heavy atom. The van der Waals surface area contributed by atoms with Crippen LogP contribution in [0.25, 0.3) is 10.9 Å². The molecule has 2 unspecified atom stereocenters. The van der Waals surface area contributed by atoms with Crippen molar-refractivity contribution in [3.8, 4) is 11.5 Å². The third-order valence-corrected chi connectivity index (χ3v) is 6.33. The molecule has 1 fully saturated rings. The van der Waals surface area contributed by atoms with E-state index in [4.69, 9.17) is 14.5 Å². The SMILES string of the molecule is Cc1ccc(Oc2ccc(Nc3ncnc4ccc(CC5=NC6CNCC6O5)cc34)cc2C)cn1. The molecular weight excluding hydrogens is 440 g/mol. The number of rotatable bonds is 6. The van der Waals surface area contributed by atoms with Crippen LogP contribution in [-0.2, 0) is 11.2 Å². The Kier molecular flexibility index (Phi) is 5.50. The highest BCUT2D eigenvalue weighted by molar-refractivity contribution is 5.92. The van der Waals surface area contributed by atoms with Gasteiger partial charge < -0.3 is 20.1 Å². The van der Waals surface area contributed by atoms with E-state index in [1.54, 1.807) is 12.5 Å². The van der Waals surface area contributed by atoms with Crippen molar-refractivity contribution in [2.45, 2.75) is 32.4 Å². The van der Waals surface area contributed by atoms with Gasteiger partial charge in [0.15, 0.2) is 5.90 Å². The molecule has 2 atom stereocenters. The smallest absolute Gasteiger partial charge is 0.188 e. The molecule has 0 radical (unpaired) electrons. The Morgan fingerprint density at radius 2 is 1.97 bits per heavy atom. The van der Waals surface area contributed by atoms with Crippen LogP contribution in [-0.4, -0.2) is 46.1 Å². The average molecular weight is 467 g/mol. The second kappa shape index (κ2) is 8.96. The molecule has 8 nitrogen and oxygen atoms in total. The Morgan fingerprint density at radius 3 is 2.80 bits per heavy atom. The number of aryl methyl sites for hydroxylation is 2. The fourth-order valence-electron chi connectivity index (χ4n) is 4.48. The van der Waals surface area contributed by atoms with Gasteiger partial charge in [0.2, 0.25) is 0 Å². The summed E-state index contributed by atoms with van der Waals surface area (Å²) in [5.41, 5.74) is 4.88. The number of benzene rings is 2. The number of fused-ring (bicyclic) bond motifs is 2. The Bertz CT molecular complexity index is 1420. The molecule has 4 aromatic rings. The number of anilines is 2. The molecule has 2 aromatic carbocycles. The van der Waals surface area contributed by atoms with E-state index in [9.17, 15) is 0 Å².